The third kappa shape index (κ3) is 3.82. The van der Waals surface area contributed by atoms with Crippen molar-refractivity contribution in [3.8, 4) is 0 Å². The van der Waals surface area contributed by atoms with Gasteiger partial charge in [-0.1, -0.05) is 24.4 Å². The summed E-state index contributed by atoms with van der Waals surface area (Å²) in [4.78, 5) is 11.8. The van der Waals surface area contributed by atoms with Gasteiger partial charge in [0.05, 0.1) is 16.5 Å². The van der Waals surface area contributed by atoms with Crippen LogP contribution < -0.4 is 11.1 Å². The van der Waals surface area contributed by atoms with Crippen molar-refractivity contribution in [2.24, 2.45) is 0 Å². The number of hydrogen-bond donors (Lipinski definition) is 2. The van der Waals surface area contributed by atoms with Gasteiger partial charge in [0.1, 0.15) is 0 Å². The molecule has 1 aromatic carbocycles. The number of carbonyl (C=O) groups is 1. The molecular formula is C13H17ClN2OS. The number of benzene rings is 1. The van der Waals surface area contributed by atoms with E-state index >= 15 is 0 Å². The quantitative estimate of drug-likeness (QED) is 0.832. The Bertz CT molecular complexity index is 433. The van der Waals surface area contributed by atoms with Crippen molar-refractivity contribution in [1.82, 2.24) is 0 Å². The van der Waals surface area contributed by atoms with Crippen molar-refractivity contribution in [2.45, 2.75) is 30.9 Å². The summed E-state index contributed by atoms with van der Waals surface area (Å²) in [6.45, 7) is 0. The van der Waals surface area contributed by atoms with E-state index in [-0.39, 0.29) is 5.91 Å². The second-order valence-electron chi connectivity index (χ2n) is 4.50. The van der Waals surface area contributed by atoms with E-state index in [2.05, 4.69) is 5.32 Å². The minimum atomic E-state index is -0.00132. The number of hydrogen-bond acceptors (Lipinski definition) is 3. The molecule has 1 aromatic rings. The fraction of sp³-hybridized carbons (Fsp3) is 0.462. The van der Waals surface area contributed by atoms with Crippen LogP contribution in [0, 0.1) is 0 Å². The van der Waals surface area contributed by atoms with Crippen molar-refractivity contribution in [1.29, 1.82) is 0 Å². The molecule has 1 saturated carbocycles. The summed E-state index contributed by atoms with van der Waals surface area (Å²) in [5.74, 6) is 0.490. The van der Waals surface area contributed by atoms with Gasteiger partial charge in [-0.05, 0) is 31.0 Å². The second-order valence-corrected chi connectivity index (χ2v) is 6.20. The van der Waals surface area contributed by atoms with Crippen LogP contribution in [0.3, 0.4) is 0 Å². The van der Waals surface area contributed by atoms with Crippen LogP contribution in [-0.4, -0.2) is 16.9 Å². The summed E-state index contributed by atoms with van der Waals surface area (Å²) in [5, 5.41) is 3.95. The maximum Gasteiger partial charge on any atom is 0.234 e. The molecule has 1 aliphatic rings. The zero-order valence-corrected chi connectivity index (χ0v) is 11.7. The molecule has 98 valence electrons. The molecule has 0 radical (unpaired) electrons. The highest BCUT2D eigenvalue weighted by Crippen LogP contribution is 2.29. The van der Waals surface area contributed by atoms with Crippen molar-refractivity contribution in [3.05, 3.63) is 23.2 Å². The second kappa shape index (κ2) is 6.34. The van der Waals surface area contributed by atoms with Gasteiger partial charge in [-0.2, -0.15) is 0 Å². The Kier molecular flexibility index (Phi) is 4.78. The monoisotopic (exact) mass is 284 g/mol. The average molecular weight is 285 g/mol. The first kappa shape index (κ1) is 13.6. The summed E-state index contributed by atoms with van der Waals surface area (Å²) >= 11 is 7.74. The van der Waals surface area contributed by atoms with Crippen LogP contribution in [0.15, 0.2) is 18.2 Å². The van der Waals surface area contributed by atoms with Gasteiger partial charge in [-0.15, -0.1) is 11.8 Å². The maximum atomic E-state index is 11.8. The van der Waals surface area contributed by atoms with E-state index in [0.717, 1.165) is 0 Å². The molecule has 2 rings (SSSR count). The first-order valence-electron chi connectivity index (χ1n) is 6.11. The smallest absolute Gasteiger partial charge is 0.234 e. The molecule has 0 heterocycles. The summed E-state index contributed by atoms with van der Waals surface area (Å²) in [7, 11) is 0. The van der Waals surface area contributed by atoms with E-state index in [9.17, 15) is 4.79 Å². The van der Waals surface area contributed by atoms with Crippen LogP contribution >= 0.6 is 23.4 Å². The summed E-state index contributed by atoms with van der Waals surface area (Å²) in [5.41, 5.74) is 6.82. The molecule has 0 unspecified atom stereocenters. The van der Waals surface area contributed by atoms with Crippen molar-refractivity contribution in [3.63, 3.8) is 0 Å². The van der Waals surface area contributed by atoms with E-state index in [1.54, 1.807) is 30.0 Å². The molecule has 1 amide bonds. The van der Waals surface area contributed by atoms with Gasteiger partial charge < -0.3 is 11.1 Å². The number of nitrogen functional groups attached to an aromatic ring is 1. The van der Waals surface area contributed by atoms with E-state index in [0.29, 0.717) is 27.4 Å². The van der Waals surface area contributed by atoms with Gasteiger partial charge in [-0.25, -0.2) is 0 Å². The van der Waals surface area contributed by atoms with Crippen molar-refractivity contribution < 1.29 is 4.79 Å². The predicted molar refractivity (Wildman–Crippen MR) is 79.2 cm³/mol. The number of thioether (sulfide) groups is 1. The molecule has 0 atom stereocenters. The largest absolute Gasteiger partial charge is 0.399 e. The Balaban J connectivity index is 1.82. The molecule has 0 bridgehead atoms. The summed E-state index contributed by atoms with van der Waals surface area (Å²) < 4.78 is 0. The summed E-state index contributed by atoms with van der Waals surface area (Å²) in [6, 6.07) is 5.10. The first-order chi connectivity index (χ1) is 8.65. The van der Waals surface area contributed by atoms with Crippen LogP contribution in [0.4, 0.5) is 11.4 Å². The standard InChI is InChI=1S/C13H17ClN2OS/c14-11-7-9(15)5-6-12(11)16-13(17)8-18-10-3-1-2-4-10/h5-7,10H,1-4,8,15H2,(H,16,17). The molecule has 0 aliphatic heterocycles. The highest BCUT2D eigenvalue weighted by molar-refractivity contribution is 8.00. The molecule has 0 aromatic heterocycles. The van der Waals surface area contributed by atoms with Crippen LogP contribution in [-0.2, 0) is 4.79 Å². The van der Waals surface area contributed by atoms with Crippen LogP contribution in [0.25, 0.3) is 0 Å². The van der Waals surface area contributed by atoms with E-state index in [4.69, 9.17) is 17.3 Å². The highest BCUT2D eigenvalue weighted by Gasteiger charge is 2.16. The average Bonchev–Trinajstić information content (AvgIpc) is 2.83. The number of nitrogens with two attached hydrogens (primary N) is 1. The van der Waals surface area contributed by atoms with Crippen molar-refractivity contribution in [2.75, 3.05) is 16.8 Å². The normalized spacial score (nSPS) is 15.8. The Morgan fingerprint density at radius 1 is 1.44 bits per heavy atom. The molecule has 3 N–H and O–H groups in total. The number of carbonyl (C=O) groups excluding carboxylic acids is 1. The van der Waals surface area contributed by atoms with Crippen LogP contribution in [0.2, 0.25) is 5.02 Å². The minimum absolute atomic E-state index is 0.00132. The lowest BCUT2D eigenvalue weighted by Gasteiger charge is -2.10. The Hall–Kier alpha value is -0.870. The third-order valence-corrected chi connectivity index (χ3v) is 4.70. The molecule has 1 fully saturated rings. The lowest BCUT2D eigenvalue weighted by Crippen LogP contribution is -2.16. The van der Waals surface area contributed by atoms with Gasteiger partial charge >= 0.3 is 0 Å². The highest BCUT2D eigenvalue weighted by atomic mass is 35.5. The van der Waals surface area contributed by atoms with Gasteiger partial charge in [0.25, 0.3) is 0 Å². The maximum absolute atomic E-state index is 11.8. The number of anilines is 2. The Morgan fingerprint density at radius 3 is 2.83 bits per heavy atom. The topological polar surface area (TPSA) is 55.1 Å². The lowest BCUT2D eigenvalue weighted by molar-refractivity contribution is -0.113. The van der Waals surface area contributed by atoms with Crippen LogP contribution in [0.1, 0.15) is 25.7 Å². The minimum Gasteiger partial charge on any atom is -0.399 e. The molecule has 18 heavy (non-hydrogen) atoms. The van der Waals surface area contributed by atoms with E-state index < -0.39 is 0 Å². The molecule has 3 nitrogen and oxygen atoms in total. The Morgan fingerprint density at radius 2 is 2.17 bits per heavy atom. The first-order valence-corrected chi connectivity index (χ1v) is 7.54. The molecule has 5 heteroatoms. The summed E-state index contributed by atoms with van der Waals surface area (Å²) in [6.07, 6.45) is 5.06. The number of nitrogens with one attached hydrogen (secondary N) is 1. The van der Waals surface area contributed by atoms with Crippen LogP contribution in [0.5, 0.6) is 0 Å². The predicted octanol–water partition coefficient (Wildman–Crippen LogP) is 3.54. The number of halogens is 1. The van der Waals surface area contributed by atoms with E-state index in [1.807, 2.05) is 0 Å². The lowest BCUT2D eigenvalue weighted by atomic mass is 10.3. The van der Waals surface area contributed by atoms with E-state index in [1.165, 1.54) is 25.7 Å². The Labute approximate surface area is 116 Å². The van der Waals surface area contributed by atoms with Gasteiger partial charge in [0.2, 0.25) is 5.91 Å². The zero-order chi connectivity index (χ0) is 13.0. The number of rotatable bonds is 4. The van der Waals surface area contributed by atoms with Gasteiger partial charge in [-0.3, -0.25) is 4.79 Å². The fourth-order valence-corrected chi connectivity index (χ4v) is 3.43. The third-order valence-electron chi connectivity index (χ3n) is 3.02. The van der Waals surface area contributed by atoms with Gasteiger partial charge in [0.15, 0.2) is 0 Å². The van der Waals surface area contributed by atoms with Crippen molar-refractivity contribution >= 4 is 40.6 Å². The molecule has 1 aliphatic carbocycles. The molecule has 0 saturated heterocycles. The fourth-order valence-electron chi connectivity index (χ4n) is 2.07. The SMILES string of the molecule is Nc1ccc(NC(=O)CSC2CCCC2)c(Cl)c1. The molecule has 0 spiro atoms. The number of amides is 1. The van der Waals surface area contributed by atoms with Gasteiger partial charge in [0, 0.05) is 10.9 Å². The molecular weight excluding hydrogens is 268 g/mol. The zero-order valence-electron chi connectivity index (χ0n) is 10.1.